The first-order valence-corrected chi connectivity index (χ1v) is 7.67. The maximum atomic E-state index is 11.9. The van der Waals surface area contributed by atoms with Crippen LogP contribution >= 0.6 is 0 Å². The number of hydrogen-bond acceptors (Lipinski definition) is 4. The fourth-order valence-electron chi connectivity index (χ4n) is 3.38. The van der Waals surface area contributed by atoms with E-state index in [-0.39, 0.29) is 18.6 Å². The Morgan fingerprint density at radius 1 is 1.33 bits per heavy atom. The molecule has 2 aliphatic heterocycles. The quantitative estimate of drug-likeness (QED) is 0.797. The Labute approximate surface area is 126 Å². The van der Waals surface area contributed by atoms with Crippen molar-refractivity contribution in [2.24, 2.45) is 0 Å². The molecule has 1 aromatic carbocycles. The van der Waals surface area contributed by atoms with E-state index in [1.807, 2.05) is 17.9 Å². The number of ether oxygens (including phenoxy) is 1. The van der Waals surface area contributed by atoms with Crippen molar-refractivity contribution in [2.75, 3.05) is 31.1 Å². The summed E-state index contributed by atoms with van der Waals surface area (Å²) in [6.45, 7) is 8.96. The van der Waals surface area contributed by atoms with Gasteiger partial charge in [-0.25, -0.2) is 0 Å². The number of para-hydroxylation sites is 1. The van der Waals surface area contributed by atoms with E-state index in [1.165, 1.54) is 18.4 Å². The van der Waals surface area contributed by atoms with Gasteiger partial charge in [-0.05, 0) is 44.5 Å². The minimum absolute atomic E-state index is 0.199. The van der Waals surface area contributed by atoms with Gasteiger partial charge in [0, 0.05) is 11.4 Å². The highest BCUT2D eigenvalue weighted by Crippen LogP contribution is 2.45. The number of fused-ring (bicyclic) bond motifs is 1. The van der Waals surface area contributed by atoms with Crippen molar-refractivity contribution in [2.45, 2.75) is 25.8 Å². The van der Waals surface area contributed by atoms with Crippen LogP contribution in [0, 0.1) is 0 Å². The number of likely N-dealkylation sites (tertiary alicyclic amines) is 1. The Kier molecular flexibility index (Phi) is 3.97. The average Bonchev–Trinajstić information content (AvgIpc) is 3.07. The van der Waals surface area contributed by atoms with Gasteiger partial charge >= 0.3 is 5.97 Å². The molecule has 0 saturated carbocycles. The van der Waals surface area contributed by atoms with Crippen molar-refractivity contribution in [3.8, 4) is 0 Å². The monoisotopic (exact) mass is 286 g/mol. The molecule has 1 aromatic rings. The molecule has 0 aromatic heterocycles. The lowest BCUT2D eigenvalue weighted by Gasteiger charge is -2.27. The van der Waals surface area contributed by atoms with Gasteiger partial charge in [0.15, 0.2) is 0 Å². The molecule has 1 atom stereocenters. The van der Waals surface area contributed by atoms with Gasteiger partial charge in [-0.1, -0.05) is 24.8 Å². The summed E-state index contributed by atoms with van der Waals surface area (Å²) in [5, 5.41) is 0. The number of rotatable bonds is 4. The molecule has 4 nitrogen and oxygen atoms in total. The molecular formula is C17H22N2O2. The molecule has 112 valence electrons. The predicted octanol–water partition coefficient (Wildman–Crippen LogP) is 2.72. The number of benzene rings is 1. The number of nitrogens with zero attached hydrogens (tertiary/aromatic N) is 2. The van der Waals surface area contributed by atoms with Gasteiger partial charge in [0.2, 0.25) is 0 Å². The Balaban J connectivity index is 1.88. The van der Waals surface area contributed by atoms with Crippen molar-refractivity contribution < 1.29 is 9.53 Å². The van der Waals surface area contributed by atoms with Crippen LogP contribution < -0.4 is 4.90 Å². The summed E-state index contributed by atoms with van der Waals surface area (Å²) in [5.41, 5.74) is 3.34. The van der Waals surface area contributed by atoms with Crippen molar-refractivity contribution in [1.82, 2.24) is 4.90 Å². The van der Waals surface area contributed by atoms with Crippen molar-refractivity contribution in [1.29, 1.82) is 0 Å². The Morgan fingerprint density at radius 2 is 2.05 bits per heavy atom. The molecule has 2 aliphatic rings. The van der Waals surface area contributed by atoms with Gasteiger partial charge in [0.25, 0.3) is 0 Å². The van der Waals surface area contributed by atoms with E-state index in [2.05, 4.69) is 29.7 Å². The van der Waals surface area contributed by atoms with Gasteiger partial charge in [-0.3, -0.25) is 9.69 Å². The summed E-state index contributed by atoms with van der Waals surface area (Å²) >= 11 is 0. The van der Waals surface area contributed by atoms with Crippen LogP contribution in [0.1, 0.15) is 31.4 Å². The molecule has 0 aliphatic carbocycles. The summed E-state index contributed by atoms with van der Waals surface area (Å²) < 4.78 is 5.09. The molecule has 0 bridgehead atoms. The van der Waals surface area contributed by atoms with E-state index in [1.54, 1.807) is 0 Å². The molecule has 3 rings (SSSR count). The molecule has 0 spiro atoms. The summed E-state index contributed by atoms with van der Waals surface area (Å²) in [7, 11) is 0. The molecular weight excluding hydrogens is 264 g/mol. The van der Waals surface area contributed by atoms with Crippen molar-refractivity contribution in [3.63, 3.8) is 0 Å². The Morgan fingerprint density at radius 3 is 2.76 bits per heavy atom. The van der Waals surface area contributed by atoms with Gasteiger partial charge in [0.05, 0.1) is 12.6 Å². The van der Waals surface area contributed by atoms with Crippen LogP contribution in [0.2, 0.25) is 0 Å². The van der Waals surface area contributed by atoms with E-state index in [0.717, 1.165) is 24.5 Å². The van der Waals surface area contributed by atoms with E-state index in [0.29, 0.717) is 6.61 Å². The average molecular weight is 286 g/mol. The molecule has 2 heterocycles. The normalized spacial score (nSPS) is 21.7. The first-order valence-electron chi connectivity index (χ1n) is 7.67. The third kappa shape index (κ3) is 2.56. The molecule has 21 heavy (non-hydrogen) atoms. The van der Waals surface area contributed by atoms with Crippen LogP contribution in [0.25, 0.3) is 0 Å². The Hall–Kier alpha value is -1.81. The van der Waals surface area contributed by atoms with Gasteiger partial charge in [-0.15, -0.1) is 0 Å². The summed E-state index contributed by atoms with van der Waals surface area (Å²) in [6, 6.07) is 8.49. The number of esters is 1. The van der Waals surface area contributed by atoms with E-state index in [4.69, 9.17) is 4.74 Å². The second kappa shape index (κ2) is 5.90. The maximum Gasteiger partial charge on any atom is 0.325 e. The second-order valence-corrected chi connectivity index (χ2v) is 5.59. The predicted molar refractivity (Wildman–Crippen MR) is 83.1 cm³/mol. The van der Waals surface area contributed by atoms with Crippen LogP contribution in [0.15, 0.2) is 36.5 Å². The highest BCUT2D eigenvalue weighted by atomic mass is 16.5. The first kappa shape index (κ1) is 14.1. The number of anilines is 1. The second-order valence-electron chi connectivity index (χ2n) is 5.59. The number of hydrogen-bond donors (Lipinski definition) is 0. The zero-order chi connectivity index (χ0) is 14.8. The SMILES string of the molecule is C=C1C(N2CCCC2)c2ccccc2N1CC(=O)OCC. The minimum Gasteiger partial charge on any atom is -0.465 e. The summed E-state index contributed by atoms with van der Waals surface area (Å²) in [4.78, 5) is 16.3. The van der Waals surface area contributed by atoms with E-state index < -0.39 is 0 Å². The lowest BCUT2D eigenvalue weighted by molar-refractivity contribution is -0.141. The Bertz CT molecular complexity index is 549. The van der Waals surface area contributed by atoms with Crippen LogP contribution in [0.4, 0.5) is 5.69 Å². The third-order valence-electron chi connectivity index (χ3n) is 4.28. The third-order valence-corrected chi connectivity index (χ3v) is 4.28. The van der Waals surface area contributed by atoms with Crippen LogP contribution in [-0.2, 0) is 9.53 Å². The molecule has 0 radical (unpaired) electrons. The lowest BCUT2D eigenvalue weighted by Crippen LogP contribution is -2.32. The maximum absolute atomic E-state index is 11.9. The van der Waals surface area contributed by atoms with Crippen LogP contribution in [-0.4, -0.2) is 37.1 Å². The van der Waals surface area contributed by atoms with Gasteiger partial charge in [-0.2, -0.15) is 0 Å². The minimum atomic E-state index is -0.199. The highest BCUT2D eigenvalue weighted by molar-refractivity contribution is 5.80. The first-order chi connectivity index (χ1) is 10.2. The van der Waals surface area contributed by atoms with Gasteiger partial charge < -0.3 is 9.64 Å². The van der Waals surface area contributed by atoms with E-state index in [9.17, 15) is 4.79 Å². The zero-order valence-corrected chi connectivity index (χ0v) is 12.5. The molecule has 0 amide bonds. The van der Waals surface area contributed by atoms with Crippen LogP contribution in [0.3, 0.4) is 0 Å². The lowest BCUT2D eigenvalue weighted by atomic mass is 10.1. The standard InChI is InChI=1S/C17H22N2O2/c1-3-21-16(20)12-19-13(2)17(18-10-6-7-11-18)14-8-4-5-9-15(14)19/h4-5,8-9,17H,2-3,6-7,10-12H2,1H3. The summed E-state index contributed by atoms with van der Waals surface area (Å²) in [6.07, 6.45) is 2.48. The van der Waals surface area contributed by atoms with Crippen molar-refractivity contribution in [3.05, 3.63) is 42.1 Å². The molecule has 0 N–H and O–H groups in total. The van der Waals surface area contributed by atoms with Gasteiger partial charge in [0.1, 0.15) is 6.54 Å². The summed E-state index contributed by atoms with van der Waals surface area (Å²) in [5.74, 6) is -0.199. The molecule has 1 saturated heterocycles. The fraction of sp³-hybridized carbons (Fsp3) is 0.471. The smallest absolute Gasteiger partial charge is 0.325 e. The number of carbonyl (C=O) groups excluding carboxylic acids is 1. The molecule has 1 fully saturated rings. The molecule has 1 unspecified atom stereocenters. The highest BCUT2D eigenvalue weighted by Gasteiger charge is 2.37. The zero-order valence-electron chi connectivity index (χ0n) is 12.5. The van der Waals surface area contributed by atoms with Crippen LogP contribution in [0.5, 0.6) is 0 Å². The fourth-order valence-corrected chi connectivity index (χ4v) is 3.38. The van der Waals surface area contributed by atoms with E-state index >= 15 is 0 Å². The largest absolute Gasteiger partial charge is 0.465 e. The molecule has 4 heteroatoms. The number of carbonyl (C=O) groups is 1. The topological polar surface area (TPSA) is 32.8 Å². The van der Waals surface area contributed by atoms with Crippen molar-refractivity contribution >= 4 is 11.7 Å².